The van der Waals surface area contributed by atoms with Crippen LogP contribution in [0.4, 0.5) is 5.69 Å². The number of likely N-dealkylation sites (N-methyl/N-ethyl adjacent to an activating group) is 1. The highest BCUT2D eigenvalue weighted by Gasteiger charge is 2.17. The zero-order valence-electron chi connectivity index (χ0n) is 9.38. The average molecular weight is 224 g/mol. The Morgan fingerprint density at radius 2 is 2.00 bits per heavy atom. The zero-order chi connectivity index (χ0) is 12.1. The second kappa shape index (κ2) is 5.58. The molecule has 0 radical (unpaired) electrons. The predicted octanol–water partition coefficient (Wildman–Crippen LogP) is 1.28. The van der Waals surface area contributed by atoms with Crippen LogP contribution in [0.3, 0.4) is 0 Å². The fourth-order valence-electron chi connectivity index (χ4n) is 1.63. The molecule has 1 rings (SSSR count). The SMILES string of the molecule is CNC(CO)C(C)c1ccc([N+](=O)[O-])cc1. The number of aliphatic hydroxyl groups is 1. The Hall–Kier alpha value is -1.46. The molecule has 0 aliphatic carbocycles. The summed E-state index contributed by atoms with van der Waals surface area (Å²) in [5.41, 5.74) is 1.06. The molecule has 0 aliphatic rings. The van der Waals surface area contributed by atoms with Crippen LogP contribution in [0.25, 0.3) is 0 Å². The van der Waals surface area contributed by atoms with Gasteiger partial charge in [0.15, 0.2) is 0 Å². The van der Waals surface area contributed by atoms with Gasteiger partial charge in [-0.1, -0.05) is 19.1 Å². The van der Waals surface area contributed by atoms with Gasteiger partial charge in [0.2, 0.25) is 0 Å². The molecule has 0 bridgehead atoms. The summed E-state index contributed by atoms with van der Waals surface area (Å²) in [7, 11) is 1.78. The van der Waals surface area contributed by atoms with E-state index in [0.717, 1.165) is 5.56 Å². The Labute approximate surface area is 94.3 Å². The number of rotatable bonds is 5. The predicted molar refractivity (Wildman–Crippen MR) is 61.4 cm³/mol. The molecule has 0 fully saturated rings. The molecule has 5 heteroatoms. The van der Waals surface area contributed by atoms with E-state index in [4.69, 9.17) is 5.11 Å². The normalized spacial score (nSPS) is 14.4. The van der Waals surface area contributed by atoms with Gasteiger partial charge in [-0.3, -0.25) is 10.1 Å². The molecule has 0 aliphatic heterocycles. The lowest BCUT2D eigenvalue weighted by Gasteiger charge is -2.21. The summed E-state index contributed by atoms with van der Waals surface area (Å²) < 4.78 is 0. The van der Waals surface area contributed by atoms with Crippen LogP contribution in [0.2, 0.25) is 0 Å². The number of aliphatic hydroxyl groups excluding tert-OH is 1. The zero-order valence-corrected chi connectivity index (χ0v) is 9.38. The van der Waals surface area contributed by atoms with Gasteiger partial charge in [-0.05, 0) is 18.5 Å². The highest BCUT2D eigenvalue weighted by atomic mass is 16.6. The van der Waals surface area contributed by atoms with Crippen LogP contribution >= 0.6 is 0 Å². The maximum atomic E-state index is 10.5. The number of nitro benzene ring substituents is 1. The van der Waals surface area contributed by atoms with E-state index in [0.29, 0.717) is 0 Å². The van der Waals surface area contributed by atoms with Gasteiger partial charge in [0, 0.05) is 18.2 Å². The van der Waals surface area contributed by atoms with Crippen molar-refractivity contribution in [3.8, 4) is 0 Å². The Balaban J connectivity index is 2.84. The van der Waals surface area contributed by atoms with Gasteiger partial charge < -0.3 is 10.4 Å². The Morgan fingerprint density at radius 1 is 1.44 bits per heavy atom. The van der Waals surface area contributed by atoms with Gasteiger partial charge in [0.25, 0.3) is 5.69 Å². The maximum Gasteiger partial charge on any atom is 0.269 e. The molecule has 2 atom stereocenters. The minimum atomic E-state index is -0.421. The molecule has 0 aromatic heterocycles. The van der Waals surface area contributed by atoms with Gasteiger partial charge in [0.1, 0.15) is 0 Å². The van der Waals surface area contributed by atoms with E-state index in [1.165, 1.54) is 12.1 Å². The van der Waals surface area contributed by atoms with Gasteiger partial charge in [-0.15, -0.1) is 0 Å². The van der Waals surface area contributed by atoms with Gasteiger partial charge in [-0.2, -0.15) is 0 Å². The van der Waals surface area contributed by atoms with Crippen molar-refractivity contribution in [2.45, 2.75) is 18.9 Å². The minimum Gasteiger partial charge on any atom is -0.395 e. The highest BCUT2D eigenvalue weighted by Crippen LogP contribution is 2.21. The number of non-ortho nitro benzene ring substituents is 1. The first-order chi connectivity index (χ1) is 7.60. The van der Waals surface area contributed by atoms with Crippen LogP contribution in [-0.4, -0.2) is 29.7 Å². The lowest BCUT2D eigenvalue weighted by molar-refractivity contribution is -0.384. The Morgan fingerprint density at radius 3 is 2.38 bits per heavy atom. The van der Waals surface area contributed by atoms with Crippen LogP contribution in [0, 0.1) is 10.1 Å². The quantitative estimate of drug-likeness (QED) is 0.583. The molecule has 0 saturated carbocycles. The first-order valence-corrected chi connectivity index (χ1v) is 5.12. The van der Waals surface area contributed by atoms with Gasteiger partial charge in [-0.25, -0.2) is 0 Å². The molecule has 0 heterocycles. The molecule has 2 N–H and O–H groups in total. The smallest absolute Gasteiger partial charge is 0.269 e. The van der Waals surface area contributed by atoms with E-state index in [1.807, 2.05) is 6.92 Å². The third kappa shape index (κ3) is 2.77. The fraction of sp³-hybridized carbons (Fsp3) is 0.455. The van der Waals surface area contributed by atoms with E-state index in [2.05, 4.69) is 5.32 Å². The molecule has 1 aromatic carbocycles. The summed E-state index contributed by atoms with van der Waals surface area (Å²) in [5.74, 6) is 0.107. The number of nitrogens with one attached hydrogen (secondary N) is 1. The van der Waals surface area contributed by atoms with Gasteiger partial charge >= 0.3 is 0 Å². The van der Waals surface area contributed by atoms with Gasteiger partial charge in [0.05, 0.1) is 11.5 Å². The van der Waals surface area contributed by atoms with Crippen molar-refractivity contribution in [3.05, 3.63) is 39.9 Å². The molecular formula is C11H16N2O3. The van der Waals surface area contributed by atoms with Crippen LogP contribution in [0.5, 0.6) is 0 Å². The molecule has 88 valence electrons. The van der Waals surface area contributed by atoms with Crippen molar-refractivity contribution in [1.82, 2.24) is 5.32 Å². The second-order valence-electron chi connectivity index (χ2n) is 3.72. The van der Waals surface area contributed by atoms with Crippen molar-refractivity contribution in [1.29, 1.82) is 0 Å². The number of nitrogens with zero attached hydrogens (tertiary/aromatic N) is 1. The summed E-state index contributed by atoms with van der Waals surface area (Å²) in [5, 5.41) is 22.6. The lowest BCUT2D eigenvalue weighted by atomic mass is 9.94. The van der Waals surface area contributed by atoms with Crippen molar-refractivity contribution in [3.63, 3.8) is 0 Å². The standard InChI is InChI=1S/C11H16N2O3/c1-8(11(7-14)12-2)9-3-5-10(6-4-9)13(15)16/h3-6,8,11-12,14H,7H2,1-2H3. The molecule has 0 spiro atoms. The van der Waals surface area contributed by atoms with E-state index in [-0.39, 0.29) is 24.3 Å². The molecule has 0 amide bonds. The Kier molecular flexibility index (Phi) is 4.39. The third-order valence-electron chi connectivity index (χ3n) is 2.80. The second-order valence-corrected chi connectivity index (χ2v) is 3.72. The summed E-state index contributed by atoms with van der Waals surface area (Å²) in [6.07, 6.45) is 0. The first-order valence-electron chi connectivity index (χ1n) is 5.12. The molecule has 1 aromatic rings. The summed E-state index contributed by atoms with van der Waals surface area (Å²) in [4.78, 5) is 10.1. The van der Waals surface area contributed by atoms with Crippen molar-refractivity contribution in [2.24, 2.45) is 0 Å². The molecule has 0 saturated heterocycles. The van der Waals surface area contributed by atoms with Crippen molar-refractivity contribution in [2.75, 3.05) is 13.7 Å². The number of nitro groups is 1. The summed E-state index contributed by atoms with van der Waals surface area (Å²) in [6.45, 7) is 2.01. The van der Waals surface area contributed by atoms with E-state index >= 15 is 0 Å². The molecule has 5 nitrogen and oxygen atoms in total. The maximum absolute atomic E-state index is 10.5. The molecule has 16 heavy (non-hydrogen) atoms. The Bertz CT molecular complexity index is 347. The van der Waals surface area contributed by atoms with Crippen LogP contribution in [0.1, 0.15) is 18.4 Å². The summed E-state index contributed by atoms with van der Waals surface area (Å²) >= 11 is 0. The molecular weight excluding hydrogens is 208 g/mol. The first kappa shape index (κ1) is 12.6. The highest BCUT2D eigenvalue weighted by molar-refractivity contribution is 5.34. The summed E-state index contributed by atoms with van der Waals surface area (Å²) in [6, 6.07) is 6.37. The molecule has 2 unspecified atom stereocenters. The number of hydrogen-bond donors (Lipinski definition) is 2. The van der Waals surface area contributed by atoms with E-state index in [9.17, 15) is 10.1 Å². The number of hydrogen-bond acceptors (Lipinski definition) is 4. The third-order valence-corrected chi connectivity index (χ3v) is 2.80. The van der Waals surface area contributed by atoms with Crippen molar-refractivity contribution < 1.29 is 10.0 Å². The van der Waals surface area contributed by atoms with Crippen LogP contribution in [-0.2, 0) is 0 Å². The van der Waals surface area contributed by atoms with E-state index < -0.39 is 4.92 Å². The van der Waals surface area contributed by atoms with Crippen molar-refractivity contribution >= 4 is 5.69 Å². The van der Waals surface area contributed by atoms with Crippen LogP contribution < -0.4 is 5.32 Å². The minimum absolute atomic E-state index is 0.0364. The largest absolute Gasteiger partial charge is 0.395 e. The topological polar surface area (TPSA) is 75.4 Å². The fourth-order valence-corrected chi connectivity index (χ4v) is 1.63. The lowest BCUT2D eigenvalue weighted by Crippen LogP contribution is -2.34. The monoisotopic (exact) mass is 224 g/mol. The van der Waals surface area contributed by atoms with Crippen LogP contribution in [0.15, 0.2) is 24.3 Å². The van der Waals surface area contributed by atoms with E-state index in [1.54, 1.807) is 19.2 Å². The number of benzene rings is 1. The average Bonchev–Trinajstić information content (AvgIpc) is 2.30.